The molecule has 0 N–H and O–H groups in total. The molecule has 0 bridgehead atoms. The van der Waals surface area contributed by atoms with Gasteiger partial charge in [-0.2, -0.15) is 0 Å². The van der Waals surface area contributed by atoms with E-state index in [0.717, 1.165) is 0 Å². The Morgan fingerprint density at radius 3 is 2.33 bits per heavy atom. The summed E-state index contributed by atoms with van der Waals surface area (Å²) in [5, 5.41) is 0. The molecule has 48 valence electrons. The number of rotatable bonds is 3. The number of hydrogen-bond acceptors (Lipinski definition) is 0. The monoisotopic (exact) mass is 120 g/mol. The third-order valence-corrected chi connectivity index (χ3v) is 0.876. The lowest BCUT2D eigenvalue weighted by molar-refractivity contribution is 1.53. The predicted molar refractivity (Wildman–Crippen MR) is 43.3 cm³/mol. The second kappa shape index (κ2) is 5.10. The minimum absolute atomic E-state index is 1.19. The highest BCUT2D eigenvalue weighted by molar-refractivity contribution is 5.22. The highest BCUT2D eigenvalue weighted by Crippen LogP contribution is 1.93. The van der Waals surface area contributed by atoms with E-state index in [0.29, 0.717) is 0 Å². The summed E-state index contributed by atoms with van der Waals surface area (Å²) in [4.78, 5) is 0. The Balaban J connectivity index is 3.88. The first-order valence-electron chi connectivity index (χ1n) is 2.89. The largest absolute Gasteiger partial charge is 0.0991 e. The van der Waals surface area contributed by atoms with Crippen LogP contribution in [0.1, 0.15) is 6.92 Å². The summed E-state index contributed by atoms with van der Waals surface area (Å²) in [5.41, 5.74) is 1.19. The van der Waals surface area contributed by atoms with Gasteiger partial charge in [-0.05, 0) is 6.92 Å². The molecule has 0 aromatic rings. The van der Waals surface area contributed by atoms with Crippen molar-refractivity contribution in [1.82, 2.24) is 0 Å². The zero-order valence-corrected chi connectivity index (χ0v) is 5.80. The Hall–Kier alpha value is -1.04. The van der Waals surface area contributed by atoms with Crippen molar-refractivity contribution < 1.29 is 0 Å². The van der Waals surface area contributed by atoms with Crippen LogP contribution in [0.15, 0.2) is 49.1 Å². The Morgan fingerprint density at radius 1 is 1.22 bits per heavy atom. The molecule has 0 saturated heterocycles. The van der Waals surface area contributed by atoms with Crippen molar-refractivity contribution in [1.29, 1.82) is 0 Å². The molecule has 0 saturated carbocycles. The normalized spacial score (nSPS) is 11.9. The van der Waals surface area contributed by atoms with Gasteiger partial charge < -0.3 is 0 Å². The molecule has 9 heavy (non-hydrogen) atoms. The van der Waals surface area contributed by atoms with Gasteiger partial charge in [0.2, 0.25) is 0 Å². The summed E-state index contributed by atoms with van der Waals surface area (Å²) in [5.74, 6) is 0. The highest BCUT2D eigenvalue weighted by atomic mass is 13.8. The first kappa shape index (κ1) is 7.96. The minimum Gasteiger partial charge on any atom is -0.0991 e. The average Bonchev–Trinajstić information content (AvgIpc) is 1.85. The van der Waals surface area contributed by atoms with Gasteiger partial charge in [0, 0.05) is 0 Å². The highest BCUT2D eigenvalue weighted by Gasteiger charge is 1.72. The molecule has 0 atom stereocenters. The van der Waals surface area contributed by atoms with E-state index in [2.05, 4.69) is 13.2 Å². The van der Waals surface area contributed by atoms with E-state index < -0.39 is 0 Å². The van der Waals surface area contributed by atoms with E-state index in [9.17, 15) is 0 Å². The molecule has 0 amide bonds. The van der Waals surface area contributed by atoms with Gasteiger partial charge in [-0.15, -0.1) is 0 Å². The Morgan fingerprint density at radius 2 is 1.89 bits per heavy atom. The van der Waals surface area contributed by atoms with Crippen LogP contribution in [0.5, 0.6) is 0 Å². The lowest BCUT2D eigenvalue weighted by atomic mass is 10.2. The first-order chi connectivity index (χ1) is 4.31. The van der Waals surface area contributed by atoms with Crippen molar-refractivity contribution in [3.8, 4) is 0 Å². The Bertz CT molecular complexity index is 147. The van der Waals surface area contributed by atoms with Crippen molar-refractivity contribution in [3.63, 3.8) is 0 Å². The van der Waals surface area contributed by atoms with E-state index in [4.69, 9.17) is 0 Å². The average molecular weight is 120 g/mol. The van der Waals surface area contributed by atoms with E-state index in [1.54, 1.807) is 12.2 Å². The third kappa shape index (κ3) is 4.82. The molecule has 0 heteroatoms. The maximum atomic E-state index is 3.57. The quantitative estimate of drug-likeness (QED) is 0.502. The van der Waals surface area contributed by atoms with Crippen molar-refractivity contribution in [2.75, 3.05) is 0 Å². The van der Waals surface area contributed by atoms with Gasteiger partial charge in [0.25, 0.3) is 0 Å². The third-order valence-electron chi connectivity index (χ3n) is 0.876. The van der Waals surface area contributed by atoms with Crippen molar-refractivity contribution in [2.45, 2.75) is 6.92 Å². The van der Waals surface area contributed by atoms with E-state index >= 15 is 0 Å². The summed E-state index contributed by atoms with van der Waals surface area (Å²) in [7, 11) is 0. The molecule has 0 spiro atoms. The molecule has 0 aliphatic rings. The van der Waals surface area contributed by atoms with Gasteiger partial charge in [-0.25, -0.2) is 0 Å². The topological polar surface area (TPSA) is 0 Å². The van der Waals surface area contributed by atoms with Crippen LogP contribution >= 0.6 is 0 Å². The SMILES string of the molecule is C=C/C=C(C)\C=C\C=C. The van der Waals surface area contributed by atoms with Crippen LogP contribution in [-0.4, -0.2) is 0 Å². The maximum absolute atomic E-state index is 3.57. The Labute approximate surface area is 56.9 Å². The van der Waals surface area contributed by atoms with Crippen LogP contribution in [0.2, 0.25) is 0 Å². The standard InChI is InChI=1S/C9H12/c1-4-6-8-9(3)7-5-2/h4-8H,1-2H2,3H3/b8-6+,9-7-. The smallest absolute Gasteiger partial charge is 0.0398 e. The van der Waals surface area contributed by atoms with Gasteiger partial charge in [-0.1, -0.05) is 49.1 Å². The van der Waals surface area contributed by atoms with Crippen LogP contribution in [0.4, 0.5) is 0 Å². The Kier molecular flexibility index (Phi) is 4.51. The van der Waals surface area contributed by atoms with E-state index in [-0.39, 0.29) is 0 Å². The molecule has 0 radical (unpaired) electrons. The molecule has 0 rings (SSSR count). The molecule has 0 aliphatic heterocycles. The van der Waals surface area contributed by atoms with Crippen molar-refractivity contribution in [2.24, 2.45) is 0 Å². The summed E-state index contributed by atoms with van der Waals surface area (Å²) < 4.78 is 0. The van der Waals surface area contributed by atoms with Gasteiger partial charge in [0.1, 0.15) is 0 Å². The fraction of sp³-hybridized carbons (Fsp3) is 0.111. The first-order valence-corrected chi connectivity index (χ1v) is 2.89. The molecule has 0 aromatic heterocycles. The lowest BCUT2D eigenvalue weighted by Gasteiger charge is -1.83. The molecule has 0 fully saturated rings. The predicted octanol–water partition coefficient (Wildman–Crippen LogP) is 2.86. The number of hydrogen-bond donors (Lipinski definition) is 0. The molecular formula is C9H12. The maximum Gasteiger partial charge on any atom is -0.0398 e. The lowest BCUT2D eigenvalue weighted by Crippen LogP contribution is -1.62. The van der Waals surface area contributed by atoms with E-state index in [1.165, 1.54) is 5.57 Å². The molecule has 0 nitrogen and oxygen atoms in total. The summed E-state index contributed by atoms with van der Waals surface area (Å²) in [6.45, 7) is 9.14. The second-order valence-corrected chi connectivity index (χ2v) is 1.74. The number of allylic oxidation sites excluding steroid dienone is 6. The second-order valence-electron chi connectivity index (χ2n) is 1.74. The van der Waals surface area contributed by atoms with Crippen LogP contribution < -0.4 is 0 Å². The molecule has 0 heterocycles. The van der Waals surface area contributed by atoms with Gasteiger partial charge in [-0.3, -0.25) is 0 Å². The fourth-order valence-electron chi connectivity index (χ4n) is 0.461. The molecular weight excluding hydrogens is 108 g/mol. The van der Waals surface area contributed by atoms with Crippen molar-refractivity contribution >= 4 is 0 Å². The molecule has 0 unspecified atom stereocenters. The van der Waals surface area contributed by atoms with Crippen LogP contribution in [0, 0.1) is 0 Å². The van der Waals surface area contributed by atoms with Crippen molar-refractivity contribution in [3.05, 3.63) is 49.1 Å². The molecule has 0 aromatic carbocycles. The van der Waals surface area contributed by atoms with Gasteiger partial charge in [0.05, 0.1) is 0 Å². The molecule has 0 aliphatic carbocycles. The van der Waals surface area contributed by atoms with Gasteiger partial charge >= 0.3 is 0 Å². The van der Waals surface area contributed by atoms with Crippen LogP contribution in [-0.2, 0) is 0 Å². The summed E-state index contributed by atoms with van der Waals surface area (Å²) >= 11 is 0. The van der Waals surface area contributed by atoms with Crippen LogP contribution in [0.3, 0.4) is 0 Å². The van der Waals surface area contributed by atoms with Gasteiger partial charge in [0.15, 0.2) is 0 Å². The zero-order valence-electron chi connectivity index (χ0n) is 5.80. The van der Waals surface area contributed by atoms with Crippen LogP contribution in [0.25, 0.3) is 0 Å². The minimum atomic E-state index is 1.19. The zero-order chi connectivity index (χ0) is 7.11. The summed E-state index contributed by atoms with van der Waals surface area (Å²) in [6.07, 6.45) is 9.34. The van der Waals surface area contributed by atoms with E-state index in [1.807, 2.05) is 25.2 Å². The summed E-state index contributed by atoms with van der Waals surface area (Å²) in [6, 6.07) is 0. The fourth-order valence-corrected chi connectivity index (χ4v) is 0.461.